The molecule has 0 atom stereocenters. The van der Waals surface area contributed by atoms with Crippen molar-refractivity contribution in [3.05, 3.63) is 0 Å². The minimum atomic E-state index is 0.729. The number of piperidine rings is 1. The monoisotopic (exact) mass is 153 g/mol. The molecule has 2 rings (SSSR count). The van der Waals surface area contributed by atoms with E-state index in [2.05, 4.69) is 18.9 Å². The van der Waals surface area contributed by atoms with E-state index >= 15 is 0 Å². The fraction of sp³-hybridized carbons (Fsp3) is 1.00. The molecule has 1 aliphatic heterocycles. The van der Waals surface area contributed by atoms with Crippen molar-refractivity contribution < 1.29 is 0 Å². The van der Waals surface area contributed by atoms with Crippen LogP contribution in [-0.2, 0) is 0 Å². The molecular formula is C10H19N. The van der Waals surface area contributed by atoms with Gasteiger partial charge in [-0.05, 0) is 57.2 Å². The molecule has 2 fully saturated rings. The molecule has 1 saturated carbocycles. The topological polar surface area (TPSA) is 3.24 Å². The number of rotatable bonds is 1. The Labute approximate surface area is 69.8 Å². The van der Waals surface area contributed by atoms with Gasteiger partial charge < -0.3 is 4.90 Å². The van der Waals surface area contributed by atoms with Gasteiger partial charge in [0.15, 0.2) is 0 Å². The predicted octanol–water partition coefficient (Wildman–Crippen LogP) is 2.13. The lowest BCUT2D eigenvalue weighted by molar-refractivity contribution is 0.117. The molecule has 2 aliphatic rings. The van der Waals surface area contributed by atoms with Crippen molar-refractivity contribution in [3.63, 3.8) is 0 Å². The second-order valence-electron chi connectivity index (χ2n) is 4.73. The SMILES string of the molecule is CN1CCC(C)(C2CC2)CC1. The van der Waals surface area contributed by atoms with Crippen LogP contribution in [0.15, 0.2) is 0 Å². The number of hydrogen-bond donors (Lipinski definition) is 0. The first-order valence-electron chi connectivity index (χ1n) is 4.89. The van der Waals surface area contributed by atoms with Crippen LogP contribution >= 0.6 is 0 Å². The van der Waals surface area contributed by atoms with Gasteiger partial charge in [-0.3, -0.25) is 0 Å². The summed E-state index contributed by atoms with van der Waals surface area (Å²) in [5, 5.41) is 0. The van der Waals surface area contributed by atoms with E-state index in [9.17, 15) is 0 Å². The van der Waals surface area contributed by atoms with Gasteiger partial charge in [-0.2, -0.15) is 0 Å². The Kier molecular flexibility index (Phi) is 1.71. The average molecular weight is 153 g/mol. The third kappa shape index (κ3) is 1.44. The maximum Gasteiger partial charge on any atom is -0.00165 e. The van der Waals surface area contributed by atoms with E-state index in [0.717, 1.165) is 11.3 Å². The zero-order valence-electron chi connectivity index (χ0n) is 7.77. The van der Waals surface area contributed by atoms with Crippen molar-refractivity contribution in [1.82, 2.24) is 4.90 Å². The Morgan fingerprint density at radius 3 is 2.18 bits per heavy atom. The lowest BCUT2D eigenvalue weighted by atomic mass is 9.76. The normalized spacial score (nSPS) is 32.2. The van der Waals surface area contributed by atoms with Gasteiger partial charge in [0.1, 0.15) is 0 Å². The van der Waals surface area contributed by atoms with Gasteiger partial charge in [0.05, 0.1) is 0 Å². The lowest BCUT2D eigenvalue weighted by Gasteiger charge is -2.38. The molecule has 1 heterocycles. The molecule has 11 heavy (non-hydrogen) atoms. The summed E-state index contributed by atoms with van der Waals surface area (Å²) in [5.41, 5.74) is 0.729. The molecule has 64 valence electrons. The van der Waals surface area contributed by atoms with Crippen LogP contribution in [0.25, 0.3) is 0 Å². The van der Waals surface area contributed by atoms with Crippen molar-refractivity contribution in [3.8, 4) is 0 Å². The first kappa shape index (κ1) is 7.60. The smallest absolute Gasteiger partial charge is 0.00165 e. The summed E-state index contributed by atoms with van der Waals surface area (Å²) < 4.78 is 0. The molecular weight excluding hydrogens is 134 g/mol. The van der Waals surface area contributed by atoms with E-state index in [4.69, 9.17) is 0 Å². The van der Waals surface area contributed by atoms with E-state index in [1.807, 2.05) is 0 Å². The van der Waals surface area contributed by atoms with Gasteiger partial charge in [0.2, 0.25) is 0 Å². The quantitative estimate of drug-likeness (QED) is 0.558. The molecule has 1 heteroatoms. The van der Waals surface area contributed by atoms with Crippen LogP contribution in [0.4, 0.5) is 0 Å². The third-order valence-corrected chi connectivity index (χ3v) is 3.69. The zero-order valence-corrected chi connectivity index (χ0v) is 7.77. The molecule has 0 radical (unpaired) electrons. The summed E-state index contributed by atoms with van der Waals surface area (Å²) in [6.45, 7) is 5.15. The van der Waals surface area contributed by atoms with Crippen molar-refractivity contribution >= 4 is 0 Å². The molecule has 0 aromatic carbocycles. The Morgan fingerprint density at radius 1 is 1.18 bits per heavy atom. The molecule has 0 spiro atoms. The maximum absolute atomic E-state index is 2.50. The molecule has 0 amide bonds. The van der Waals surface area contributed by atoms with Gasteiger partial charge in [-0.1, -0.05) is 6.92 Å². The Hall–Kier alpha value is -0.0400. The van der Waals surface area contributed by atoms with Gasteiger partial charge in [0, 0.05) is 0 Å². The average Bonchev–Trinajstić information content (AvgIpc) is 2.77. The standard InChI is InChI=1S/C10H19N/c1-10(9-3-4-9)5-7-11(2)8-6-10/h9H,3-8H2,1-2H3. The number of nitrogens with zero attached hydrogens (tertiary/aromatic N) is 1. The summed E-state index contributed by atoms with van der Waals surface area (Å²) in [6, 6.07) is 0. The van der Waals surface area contributed by atoms with Crippen LogP contribution in [0.2, 0.25) is 0 Å². The highest BCUT2D eigenvalue weighted by atomic mass is 15.1. The van der Waals surface area contributed by atoms with Gasteiger partial charge in [-0.15, -0.1) is 0 Å². The predicted molar refractivity (Wildman–Crippen MR) is 47.6 cm³/mol. The summed E-state index contributed by atoms with van der Waals surface area (Å²) in [4.78, 5) is 2.46. The largest absolute Gasteiger partial charge is 0.306 e. The highest BCUT2D eigenvalue weighted by Crippen LogP contribution is 2.50. The molecule has 0 N–H and O–H groups in total. The Bertz CT molecular complexity index is 141. The Morgan fingerprint density at radius 2 is 1.73 bits per heavy atom. The second-order valence-corrected chi connectivity index (χ2v) is 4.73. The molecule has 0 unspecified atom stereocenters. The molecule has 1 nitrogen and oxygen atoms in total. The van der Waals surface area contributed by atoms with Crippen LogP contribution < -0.4 is 0 Å². The van der Waals surface area contributed by atoms with E-state index in [-0.39, 0.29) is 0 Å². The van der Waals surface area contributed by atoms with Crippen LogP contribution in [0.1, 0.15) is 32.6 Å². The summed E-state index contributed by atoms with van der Waals surface area (Å²) in [5.74, 6) is 1.09. The lowest BCUT2D eigenvalue weighted by Crippen LogP contribution is -2.37. The van der Waals surface area contributed by atoms with Crippen molar-refractivity contribution in [2.75, 3.05) is 20.1 Å². The molecule has 1 aliphatic carbocycles. The molecule has 0 aromatic heterocycles. The minimum absolute atomic E-state index is 0.729. The first-order valence-corrected chi connectivity index (χ1v) is 4.89. The van der Waals surface area contributed by atoms with Crippen LogP contribution in [0, 0.1) is 11.3 Å². The van der Waals surface area contributed by atoms with Gasteiger partial charge in [0.25, 0.3) is 0 Å². The molecule has 0 aromatic rings. The first-order chi connectivity index (χ1) is 5.21. The highest BCUT2D eigenvalue weighted by molar-refractivity contribution is 4.93. The van der Waals surface area contributed by atoms with E-state index in [1.54, 1.807) is 0 Å². The van der Waals surface area contributed by atoms with Crippen LogP contribution in [-0.4, -0.2) is 25.0 Å². The fourth-order valence-electron chi connectivity index (χ4n) is 2.32. The molecule has 1 saturated heterocycles. The van der Waals surface area contributed by atoms with Gasteiger partial charge in [-0.25, -0.2) is 0 Å². The molecule has 0 bridgehead atoms. The van der Waals surface area contributed by atoms with Crippen molar-refractivity contribution in [2.24, 2.45) is 11.3 Å². The van der Waals surface area contributed by atoms with Crippen molar-refractivity contribution in [2.45, 2.75) is 32.6 Å². The van der Waals surface area contributed by atoms with Gasteiger partial charge >= 0.3 is 0 Å². The second kappa shape index (κ2) is 2.48. The maximum atomic E-state index is 2.50. The summed E-state index contributed by atoms with van der Waals surface area (Å²) in [6.07, 6.45) is 5.91. The summed E-state index contributed by atoms with van der Waals surface area (Å²) in [7, 11) is 2.24. The highest BCUT2D eigenvalue weighted by Gasteiger charge is 2.42. The fourth-order valence-corrected chi connectivity index (χ4v) is 2.32. The minimum Gasteiger partial charge on any atom is -0.306 e. The van der Waals surface area contributed by atoms with E-state index in [0.29, 0.717) is 0 Å². The van der Waals surface area contributed by atoms with Crippen molar-refractivity contribution in [1.29, 1.82) is 0 Å². The number of hydrogen-bond acceptors (Lipinski definition) is 1. The summed E-state index contributed by atoms with van der Waals surface area (Å²) >= 11 is 0. The van der Waals surface area contributed by atoms with Crippen LogP contribution in [0.3, 0.4) is 0 Å². The zero-order chi connectivity index (χ0) is 7.90. The third-order valence-electron chi connectivity index (χ3n) is 3.69. The van der Waals surface area contributed by atoms with Crippen LogP contribution in [0.5, 0.6) is 0 Å². The van der Waals surface area contributed by atoms with E-state index < -0.39 is 0 Å². The number of likely N-dealkylation sites (tertiary alicyclic amines) is 1. The Balaban J connectivity index is 1.93. The van der Waals surface area contributed by atoms with E-state index in [1.165, 1.54) is 38.8 Å².